The second-order valence-electron chi connectivity index (χ2n) is 4.81. The summed E-state index contributed by atoms with van der Waals surface area (Å²) >= 11 is 0. The lowest BCUT2D eigenvalue weighted by atomic mass is 10.1. The number of hydrogen-bond acceptors (Lipinski definition) is 4. The molecule has 0 aliphatic carbocycles. The summed E-state index contributed by atoms with van der Waals surface area (Å²) in [6.45, 7) is 5.86. The summed E-state index contributed by atoms with van der Waals surface area (Å²) in [7, 11) is 0. The largest absolute Gasteiger partial charge is 0.354 e. The minimum Gasteiger partial charge on any atom is -0.354 e. The third-order valence-electron chi connectivity index (χ3n) is 3.13. The first-order valence-electron chi connectivity index (χ1n) is 6.62. The number of hydrogen-bond donors (Lipinski definition) is 4. The quantitative estimate of drug-likeness (QED) is 0.503. The van der Waals surface area contributed by atoms with Crippen LogP contribution >= 0.6 is 0 Å². The van der Waals surface area contributed by atoms with Crippen molar-refractivity contribution < 1.29 is 4.79 Å². The van der Waals surface area contributed by atoms with Crippen molar-refractivity contribution in [3.05, 3.63) is 0 Å². The molecule has 5 nitrogen and oxygen atoms in total. The van der Waals surface area contributed by atoms with Crippen molar-refractivity contribution in [2.45, 2.75) is 44.7 Å². The Morgan fingerprint density at radius 1 is 1.06 bits per heavy atom. The molecule has 2 saturated heterocycles. The number of piperidine rings is 2. The fourth-order valence-corrected chi connectivity index (χ4v) is 2.10. The molecule has 0 aromatic rings. The molecule has 5 N–H and O–H groups in total. The topological polar surface area (TPSA) is 79.2 Å². The third-order valence-corrected chi connectivity index (χ3v) is 3.13. The Kier molecular flexibility index (Phi) is 7.16. The second kappa shape index (κ2) is 8.44. The molecule has 0 spiro atoms. The highest BCUT2D eigenvalue weighted by Crippen LogP contribution is 2.00. The van der Waals surface area contributed by atoms with Crippen molar-refractivity contribution in [3.63, 3.8) is 0 Å². The Bertz CT molecular complexity index is 211. The monoisotopic (exact) mass is 242 g/mol. The minimum atomic E-state index is 0.0897. The lowest BCUT2D eigenvalue weighted by Crippen LogP contribution is -2.41. The van der Waals surface area contributed by atoms with E-state index in [1.54, 1.807) is 6.92 Å². The average molecular weight is 242 g/mol. The molecule has 0 aromatic carbocycles. The van der Waals surface area contributed by atoms with Gasteiger partial charge in [-0.1, -0.05) is 0 Å². The van der Waals surface area contributed by atoms with E-state index in [1.165, 1.54) is 0 Å². The molecule has 5 heteroatoms. The van der Waals surface area contributed by atoms with Gasteiger partial charge in [0.05, 0.1) is 0 Å². The molecular weight excluding hydrogens is 216 g/mol. The summed E-state index contributed by atoms with van der Waals surface area (Å²) in [6, 6.07) is 0.889. The molecule has 2 rings (SSSR count). The van der Waals surface area contributed by atoms with Gasteiger partial charge in [0.2, 0.25) is 5.91 Å². The van der Waals surface area contributed by atoms with Gasteiger partial charge in [0.1, 0.15) is 0 Å². The van der Waals surface area contributed by atoms with Gasteiger partial charge in [-0.2, -0.15) is 0 Å². The number of amides is 1. The highest BCUT2D eigenvalue weighted by atomic mass is 16.1. The smallest absolute Gasteiger partial charge is 0.217 e. The molecule has 0 atom stereocenters. The van der Waals surface area contributed by atoms with Gasteiger partial charge >= 0.3 is 0 Å². The molecule has 2 aliphatic rings. The molecule has 2 aliphatic heterocycles. The maximum absolute atomic E-state index is 10.6. The first-order chi connectivity index (χ1) is 8.18. The van der Waals surface area contributed by atoms with E-state index in [9.17, 15) is 4.79 Å². The fourth-order valence-electron chi connectivity index (χ4n) is 2.10. The van der Waals surface area contributed by atoms with Crippen LogP contribution in [0.2, 0.25) is 0 Å². The molecule has 1 amide bonds. The van der Waals surface area contributed by atoms with Crippen LogP contribution in [-0.2, 0) is 4.79 Å². The van der Waals surface area contributed by atoms with Crippen LogP contribution in [0.4, 0.5) is 0 Å². The highest BCUT2D eigenvalue weighted by Gasteiger charge is 2.12. The van der Waals surface area contributed by atoms with Crippen LogP contribution < -0.4 is 21.7 Å². The first kappa shape index (κ1) is 14.4. The zero-order valence-corrected chi connectivity index (χ0v) is 10.8. The Hall–Kier alpha value is -0.650. The van der Waals surface area contributed by atoms with Crippen LogP contribution in [0.15, 0.2) is 0 Å². The van der Waals surface area contributed by atoms with Gasteiger partial charge in [-0.25, -0.2) is 0 Å². The molecule has 0 unspecified atom stereocenters. The van der Waals surface area contributed by atoms with Crippen molar-refractivity contribution in [2.75, 3.05) is 26.2 Å². The van der Waals surface area contributed by atoms with E-state index < -0.39 is 0 Å². The number of carbonyl (C=O) groups is 1. The van der Waals surface area contributed by atoms with Gasteiger partial charge in [-0.3, -0.25) is 4.79 Å². The Labute approximate surface area is 104 Å². The molecule has 2 heterocycles. The summed E-state index contributed by atoms with van der Waals surface area (Å²) in [6.07, 6.45) is 4.44. The molecule has 0 radical (unpaired) electrons. The lowest BCUT2D eigenvalue weighted by Gasteiger charge is -2.22. The van der Waals surface area contributed by atoms with Crippen LogP contribution in [0.5, 0.6) is 0 Å². The maximum atomic E-state index is 10.6. The van der Waals surface area contributed by atoms with Gasteiger partial charge in [-0.05, 0) is 51.9 Å². The van der Waals surface area contributed by atoms with Crippen molar-refractivity contribution in [1.29, 1.82) is 0 Å². The summed E-state index contributed by atoms with van der Waals surface area (Å²) in [5.41, 5.74) is 5.59. The van der Waals surface area contributed by atoms with Crippen LogP contribution in [0.25, 0.3) is 0 Å². The van der Waals surface area contributed by atoms with Crippen LogP contribution in [-0.4, -0.2) is 44.2 Å². The summed E-state index contributed by atoms with van der Waals surface area (Å²) in [5.74, 6) is 0.0897. The number of rotatable bonds is 1. The predicted octanol–water partition coefficient (Wildman–Crippen LogP) is -0.428. The fraction of sp³-hybridized carbons (Fsp3) is 0.917. The van der Waals surface area contributed by atoms with Gasteiger partial charge in [0, 0.05) is 19.0 Å². The number of nitrogens with two attached hydrogens (primary N) is 1. The maximum Gasteiger partial charge on any atom is 0.217 e. The van der Waals surface area contributed by atoms with Gasteiger partial charge in [-0.15, -0.1) is 0 Å². The first-order valence-corrected chi connectivity index (χ1v) is 6.62. The molecule has 100 valence electrons. The lowest BCUT2D eigenvalue weighted by molar-refractivity contribution is -0.119. The van der Waals surface area contributed by atoms with E-state index in [1.807, 2.05) is 0 Å². The number of nitrogens with one attached hydrogen (secondary N) is 3. The van der Waals surface area contributed by atoms with Crippen LogP contribution in [0.3, 0.4) is 0 Å². The van der Waals surface area contributed by atoms with E-state index in [0.29, 0.717) is 12.1 Å². The average Bonchev–Trinajstić information content (AvgIpc) is 2.31. The predicted molar refractivity (Wildman–Crippen MR) is 69.8 cm³/mol. The summed E-state index contributed by atoms with van der Waals surface area (Å²) < 4.78 is 0. The highest BCUT2D eigenvalue weighted by molar-refractivity contribution is 5.73. The summed E-state index contributed by atoms with van der Waals surface area (Å²) in [5, 5.41) is 9.37. The van der Waals surface area contributed by atoms with Crippen LogP contribution in [0.1, 0.15) is 32.6 Å². The van der Waals surface area contributed by atoms with E-state index in [-0.39, 0.29) is 5.91 Å². The van der Waals surface area contributed by atoms with E-state index in [0.717, 1.165) is 51.9 Å². The van der Waals surface area contributed by atoms with Crippen LogP contribution in [0, 0.1) is 0 Å². The van der Waals surface area contributed by atoms with Gasteiger partial charge in [0.25, 0.3) is 0 Å². The van der Waals surface area contributed by atoms with Crippen molar-refractivity contribution in [3.8, 4) is 0 Å². The Balaban J connectivity index is 0.000000181. The van der Waals surface area contributed by atoms with Gasteiger partial charge in [0.15, 0.2) is 0 Å². The van der Waals surface area contributed by atoms with Crippen molar-refractivity contribution in [2.24, 2.45) is 5.73 Å². The number of carbonyl (C=O) groups excluding carboxylic acids is 1. The zero-order chi connectivity index (χ0) is 12.5. The summed E-state index contributed by atoms with van der Waals surface area (Å²) in [4.78, 5) is 10.6. The Morgan fingerprint density at radius 2 is 1.53 bits per heavy atom. The van der Waals surface area contributed by atoms with E-state index in [2.05, 4.69) is 16.0 Å². The van der Waals surface area contributed by atoms with E-state index >= 15 is 0 Å². The second-order valence-corrected chi connectivity index (χ2v) is 4.81. The molecule has 17 heavy (non-hydrogen) atoms. The SMILES string of the molecule is CC(=O)NC1CCNCC1.NC1CCNCC1. The Morgan fingerprint density at radius 3 is 1.88 bits per heavy atom. The third kappa shape index (κ3) is 7.31. The normalized spacial score (nSPS) is 22.5. The minimum absolute atomic E-state index is 0.0897. The zero-order valence-electron chi connectivity index (χ0n) is 10.8. The van der Waals surface area contributed by atoms with E-state index in [4.69, 9.17) is 5.73 Å². The molecule has 0 bridgehead atoms. The van der Waals surface area contributed by atoms with Crippen molar-refractivity contribution in [1.82, 2.24) is 16.0 Å². The van der Waals surface area contributed by atoms with Crippen molar-refractivity contribution >= 4 is 5.91 Å². The molecule has 0 saturated carbocycles. The standard InChI is InChI=1S/C7H14N2O.C5H12N2/c1-6(10)9-7-2-4-8-5-3-7;6-5-1-3-7-4-2-5/h7-8H,2-5H2,1H3,(H,9,10);5,7H,1-4,6H2. The molecular formula is C12H26N4O. The molecule has 0 aromatic heterocycles. The molecule has 2 fully saturated rings. The van der Waals surface area contributed by atoms with Gasteiger partial charge < -0.3 is 21.7 Å².